The molecule has 0 amide bonds. The number of alkyl halides is 1. The molecule has 1 aromatic heterocycles. The molecular formula is C24H24FN2NaO5S. The number of aromatic nitrogens is 1. The Balaban J connectivity index is 0.00000408. The van der Waals surface area contributed by atoms with E-state index < -0.39 is 28.7 Å². The molecule has 0 radical (unpaired) electrons. The summed E-state index contributed by atoms with van der Waals surface area (Å²) in [5.41, 5.74) is 2.60. The summed E-state index contributed by atoms with van der Waals surface area (Å²) in [7, 11) is -4.12. The maximum absolute atomic E-state index is 14.1. The van der Waals surface area contributed by atoms with Crippen molar-refractivity contribution < 1.29 is 57.0 Å². The maximum Gasteiger partial charge on any atom is 1.00 e. The Morgan fingerprint density at radius 2 is 1.79 bits per heavy atom. The molecule has 1 heterocycles. The normalized spacial score (nSPS) is 11.9. The van der Waals surface area contributed by atoms with Gasteiger partial charge in [0.1, 0.15) is 23.4 Å². The van der Waals surface area contributed by atoms with Crippen molar-refractivity contribution in [2.45, 2.75) is 38.4 Å². The van der Waals surface area contributed by atoms with E-state index in [0.29, 0.717) is 5.56 Å². The molecule has 0 saturated heterocycles. The van der Waals surface area contributed by atoms with Gasteiger partial charge in [-0.05, 0) is 67.3 Å². The van der Waals surface area contributed by atoms with Crippen LogP contribution in [0.2, 0.25) is 0 Å². The van der Waals surface area contributed by atoms with Gasteiger partial charge in [0, 0.05) is 12.4 Å². The van der Waals surface area contributed by atoms with E-state index in [2.05, 4.69) is 4.98 Å². The van der Waals surface area contributed by atoms with Gasteiger partial charge in [0.2, 0.25) is 0 Å². The number of carbonyl (C=O) groups excluding carboxylic acids is 1. The maximum atomic E-state index is 14.1. The second-order valence-electron chi connectivity index (χ2n) is 7.68. The minimum atomic E-state index is -4.12. The Bertz CT molecular complexity index is 1240. The Labute approximate surface area is 220 Å². The molecule has 0 aliphatic carbocycles. The first kappa shape index (κ1) is 27.8. The van der Waals surface area contributed by atoms with E-state index in [0.717, 1.165) is 15.4 Å². The van der Waals surface area contributed by atoms with Gasteiger partial charge in [-0.15, -0.1) is 0 Å². The molecule has 0 spiro atoms. The number of aryl methyl sites for hydroxylation is 2. The summed E-state index contributed by atoms with van der Waals surface area (Å²) in [6.45, 7) is 4.62. The first-order valence-corrected chi connectivity index (χ1v) is 11.6. The van der Waals surface area contributed by atoms with Crippen LogP contribution < -0.4 is 43.7 Å². The van der Waals surface area contributed by atoms with Crippen LogP contribution in [0.3, 0.4) is 0 Å². The van der Waals surface area contributed by atoms with Gasteiger partial charge < -0.3 is 14.6 Å². The standard InChI is InChI=1S/C24H25FN2O5S.Na/c1-16-11-22(27(14-18(3)25)33(30,31)21-5-4-10-26-13-21)23(12-17(16)2)32-15-19-6-8-20(9-7-19)24(28)29;/h4-13,18H,14-15H2,1-3H3,(H,28,29);/q;+1/p-1. The summed E-state index contributed by atoms with van der Waals surface area (Å²) < 4.78 is 47.9. The Morgan fingerprint density at radius 1 is 1.15 bits per heavy atom. The summed E-state index contributed by atoms with van der Waals surface area (Å²) >= 11 is 0. The molecule has 7 nitrogen and oxygen atoms in total. The molecule has 3 aromatic rings. The van der Waals surface area contributed by atoms with Crippen molar-refractivity contribution in [2.24, 2.45) is 0 Å². The third-order valence-corrected chi connectivity index (χ3v) is 6.83. The Kier molecular flexibility index (Phi) is 9.64. The summed E-state index contributed by atoms with van der Waals surface area (Å²) in [5, 5.41) is 10.9. The van der Waals surface area contributed by atoms with Crippen LogP contribution in [0.15, 0.2) is 65.8 Å². The number of halogens is 1. The number of sulfonamides is 1. The van der Waals surface area contributed by atoms with E-state index in [9.17, 15) is 22.7 Å². The Morgan fingerprint density at radius 3 is 2.35 bits per heavy atom. The molecule has 0 saturated carbocycles. The zero-order chi connectivity index (χ0) is 24.2. The van der Waals surface area contributed by atoms with Gasteiger partial charge in [0.25, 0.3) is 10.0 Å². The zero-order valence-corrected chi connectivity index (χ0v) is 22.3. The molecular weight excluding hydrogens is 470 g/mol. The number of nitrogens with zero attached hydrogens (tertiary/aromatic N) is 2. The number of benzene rings is 2. The van der Waals surface area contributed by atoms with Crippen molar-refractivity contribution in [2.75, 3.05) is 10.8 Å². The van der Waals surface area contributed by atoms with Gasteiger partial charge in [0.15, 0.2) is 0 Å². The summed E-state index contributed by atoms with van der Waals surface area (Å²) in [6.07, 6.45) is 1.23. The van der Waals surface area contributed by atoms with E-state index in [1.807, 2.05) is 13.8 Å². The number of anilines is 1. The number of hydrogen-bond acceptors (Lipinski definition) is 6. The topological polar surface area (TPSA) is 99.6 Å². The van der Waals surface area contributed by atoms with Crippen LogP contribution in [-0.4, -0.2) is 32.1 Å². The van der Waals surface area contributed by atoms with Crippen molar-refractivity contribution in [1.29, 1.82) is 0 Å². The third-order valence-electron chi connectivity index (χ3n) is 5.07. The molecule has 3 rings (SSSR count). The molecule has 0 N–H and O–H groups in total. The van der Waals surface area contributed by atoms with E-state index in [4.69, 9.17) is 4.74 Å². The largest absolute Gasteiger partial charge is 1.00 e. The number of carbonyl (C=O) groups is 1. The number of carboxylic acids is 1. The van der Waals surface area contributed by atoms with Gasteiger partial charge in [0.05, 0.1) is 18.2 Å². The van der Waals surface area contributed by atoms with Gasteiger partial charge in [-0.1, -0.05) is 24.3 Å². The van der Waals surface area contributed by atoms with Gasteiger partial charge >= 0.3 is 29.6 Å². The molecule has 1 unspecified atom stereocenters. The van der Waals surface area contributed by atoms with Crippen molar-refractivity contribution in [3.05, 3.63) is 83.2 Å². The molecule has 10 heteroatoms. The minimum Gasteiger partial charge on any atom is -0.545 e. The minimum absolute atomic E-state index is 0. The van der Waals surface area contributed by atoms with Crippen molar-refractivity contribution in [3.63, 3.8) is 0 Å². The zero-order valence-electron chi connectivity index (χ0n) is 19.5. The molecule has 0 aliphatic rings. The predicted molar refractivity (Wildman–Crippen MR) is 120 cm³/mol. The summed E-state index contributed by atoms with van der Waals surface area (Å²) in [6, 6.07) is 12.2. The van der Waals surface area contributed by atoms with Gasteiger partial charge in [-0.2, -0.15) is 0 Å². The van der Waals surface area contributed by atoms with Crippen LogP contribution in [0, 0.1) is 13.8 Å². The second kappa shape index (κ2) is 11.8. The number of rotatable bonds is 9. The van der Waals surface area contributed by atoms with E-state index in [1.165, 1.54) is 43.6 Å². The molecule has 0 bridgehead atoms. The number of aromatic carboxylic acids is 1. The molecule has 1 atom stereocenters. The average molecular weight is 495 g/mol. The van der Waals surface area contributed by atoms with Crippen LogP contribution in [0.5, 0.6) is 5.75 Å². The molecule has 174 valence electrons. The van der Waals surface area contributed by atoms with Gasteiger partial charge in [-0.25, -0.2) is 12.8 Å². The van der Waals surface area contributed by atoms with Crippen molar-refractivity contribution in [1.82, 2.24) is 4.98 Å². The second-order valence-corrected chi connectivity index (χ2v) is 9.55. The fourth-order valence-corrected chi connectivity index (χ4v) is 4.67. The van der Waals surface area contributed by atoms with Gasteiger partial charge in [-0.3, -0.25) is 9.29 Å². The van der Waals surface area contributed by atoms with Crippen molar-refractivity contribution >= 4 is 21.7 Å². The molecule has 0 aliphatic heterocycles. The fraction of sp³-hybridized carbons (Fsp3) is 0.250. The first-order chi connectivity index (χ1) is 15.6. The van der Waals surface area contributed by atoms with E-state index >= 15 is 0 Å². The number of pyridine rings is 1. The molecule has 0 fully saturated rings. The third kappa shape index (κ3) is 6.56. The predicted octanol–water partition coefficient (Wildman–Crippen LogP) is 0.198. The number of carboxylic acid groups (broad SMARTS) is 1. The fourth-order valence-electron chi connectivity index (χ4n) is 3.16. The van der Waals surface area contributed by atoms with Crippen LogP contribution in [0.4, 0.5) is 10.1 Å². The smallest absolute Gasteiger partial charge is 0.545 e. The van der Waals surface area contributed by atoms with E-state index in [1.54, 1.807) is 24.3 Å². The number of hydrogen-bond donors (Lipinski definition) is 0. The van der Waals surface area contributed by atoms with Crippen molar-refractivity contribution in [3.8, 4) is 5.75 Å². The van der Waals surface area contributed by atoms with Crippen LogP contribution in [-0.2, 0) is 16.6 Å². The van der Waals surface area contributed by atoms with Crippen LogP contribution in [0.1, 0.15) is 34.0 Å². The van der Waals surface area contributed by atoms with E-state index in [-0.39, 0.29) is 58.1 Å². The SMILES string of the molecule is Cc1cc(OCc2ccc(C(=O)[O-])cc2)c(N(CC(C)F)S(=O)(=O)c2cccnc2)cc1C.[Na+]. The summed E-state index contributed by atoms with van der Waals surface area (Å²) in [4.78, 5) is 14.8. The quantitative estimate of drug-likeness (QED) is 0.394. The first-order valence-electron chi connectivity index (χ1n) is 10.2. The average Bonchev–Trinajstić information content (AvgIpc) is 2.78. The Hall–Kier alpha value is -2.46. The molecule has 34 heavy (non-hydrogen) atoms. The van der Waals surface area contributed by atoms with Crippen LogP contribution in [0.25, 0.3) is 0 Å². The monoisotopic (exact) mass is 494 g/mol. The summed E-state index contributed by atoms with van der Waals surface area (Å²) in [5.74, 6) is -1.02. The van der Waals surface area contributed by atoms with Crippen LogP contribution >= 0.6 is 0 Å². The molecule has 2 aromatic carbocycles. The number of ether oxygens (including phenoxy) is 1.